The van der Waals surface area contributed by atoms with Gasteiger partial charge in [-0.3, -0.25) is 0 Å². The first-order valence-electron chi connectivity index (χ1n) is 6.23. The maximum atomic E-state index is 4.57. The molecule has 0 aromatic carbocycles. The molecule has 2 aromatic rings. The largest absolute Gasteiger partial charge is 0.241 e. The minimum absolute atomic E-state index is 0.950. The first kappa shape index (κ1) is 11.8. The molecule has 0 saturated heterocycles. The molecular formula is C13H15BrN4. The molecule has 2 heterocycles. The van der Waals surface area contributed by atoms with E-state index in [1.165, 1.54) is 24.1 Å². The molecule has 3 rings (SSSR count). The average Bonchev–Trinajstić information content (AvgIpc) is 2.66. The Morgan fingerprint density at radius 3 is 2.67 bits per heavy atom. The molecule has 0 spiro atoms. The van der Waals surface area contributed by atoms with Crippen LogP contribution in [0.15, 0.2) is 10.8 Å². The van der Waals surface area contributed by atoms with E-state index in [4.69, 9.17) is 0 Å². The molecule has 2 aromatic heterocycles. The van der Waals surface area contributed by atoms with Crippen molar-refractivity contribution in [1.82, 2.24) is 19.7 Å². The van der Waals surface area contributed by atoms with Gasteiger partial charge in [0.25, 0.3) is 0 Å². The van der Waals surface area contributed by atoms with Crippen LogP contribution >= 0.6 is 15.9 Å². The van der Waals surface area contributed by atoms with Gasteiger partial charge in [-0.15, -0.1) is 0 Å². The predicted octanol–water partition coefficient (Wildman–Crippen LogP) is 2.92. The third-order valence-corrected chi connectivity index (χ3v) is 4.65. The Bertz CT molecular complexity index is 603. The van der Waals surface area contributed by atoms with Crippen LogP contribution in [0, 0.1) is 13.8 Å². The van der Waals surface area contributed by atoms with Gasteiger partial charge in [0.15, 0.2) is 5.82 Å². The fraction of sp³-hybridized carbons (Fsp3) is 0.462. The SMILES string of the molecule is Cc1nn(-c2ncnc3c2CCCC3)c(C)c1Br. The van der Waals surface area contributed by atoms with Crippen molar-refractivity contribution >= 4 is 15.9 Å². The van der Waals surface area contributed by atoms with Gasteiger partial charge in [0.05, 0.1) is 15.9 Å². The lowest BCUT2D eigenvalue weighted by Gasteiger charge is -2.17. The highest BCUT2D eigenvalue weighted by atomic mass is 79.9. The lowest BCUT2D eigenvalue weighted by atomic mass is 9.96. The first-order valence-corrected chi connectivity index (χ1v) is 7.02. The number of rotatable bonds is 1. The summed E-state index contributed by atoms with van der Waals surface area (Å²) in [5.41, 5.74) is 4.55. The second-order valence-electron chi connectivity index (χ2n) is 4.73. The summed E-state index contributed by atoms with van der Waals surface area (Å²) in [6.07, 6.45) is 6.22. The van der Waals surface area contributed by atoms with Gasteiger partial charge in [-0.25, -0.2) is 14.6 Å². The predicted molar refractivity (Wildman–Crippen MR) is 73.0 cm³/mol. The lowest BCUT2D eigenvalue weighted by Crippen LogP contribution is -2.13. The highest BCUT2D eigenvalue weighted by molar-refractivity contribution is 9.10. The Hall–Kier alpha value is -1.23. The number of hydrogen-bond acceptors (Lipinski definition) is 3. The van der Waals surface area contributed by atoms with E-state index >= 15 is 0 Å². The molecule has 18 heavy (non-hydrogen) atoms. The van der Waals surface area contributed by atoms with Crippen LogP contribution in [-0.2, 0) is 12.8 Å². The molecule has 4 nitrogen and oxygen atoms in total. The van der Waals surface area contributed by atoms with E-state index < -0.39 is 0 Å². The summed E-state index contributed by atoms with van der Waals surface area (Å²) in [6, 6.07) is 0. The van der Waals surface area contributed by atoms with E-state index in [2.05, 4.69) is 37.9 Å². The number of halogens is 1. The zero-order chi connectivity index (χ0) is 12.7. The Kier molecular flexibility index (Phi) is 2.93. The third kappa shape index (κ3) is 1.77. The van der Waals surface area contributed by atoms with Gasteiger partial charge < -0.3 is 0 Å². The second kappa shape index (κ2) is 4.46. The molecule has 1 aliphatic carbocycles. The van der Waals surface area contributed by atoms with Crippen LogP contribution in [0.25, 0.3) is 5.82 Å². The van der Waals surface area contributed by atoms with Crippen LogP contribution in [0.3, 0.4) is 0 Å². The number of hydrogen-bond donors (Lipinski definition) is 0. The van der Waals surface area contributed by atoms with Crippen molar-refractivity contribution in [3.05, 3.63) is 33.4 Å². The monoisotopic (exact) mass is 306 g/mol. The van der Waals surface area contributed by atoms with Crippen molar-refractivity contribution in [1.29, 1.82) is 0 Å². The second-order valence-corrected chi connectivity index (χ2v) is 5.52. The van der Waals surface area contributed by atoms with Crippen molar-refractivity contribution in [2.75, 3.05) is 0 Å². The minimum Gasteiger partial charge on any atom is -0.241 e. The summed E-state index contributed by atoms with van der Waals surface area (Å²) in [7, 11) is 0. The lowest BCUT2D eigenvalue weighted by molar-refractivity contribution is 0.647. The standard InChI is InChI=1S/C13H15BrN4/c1-8-12(14)9(2)18(17-8)13-10-5-3-4-6-11(10)15-7-16-13/h7H,3-6H2,1-2H3. The third-order valence-electron chi connectivity index (χ3n) is 3.51. The molecule has 0 unspecified atom stereocenters. The van der Waals surface area contributed by atoms with E-state index in [1.54, 1.807) is 6.33 Å². The van der Waals surface area contributed by atoms with Crippen LogP contribution in [0.2, 0.25) is 0 Å². The van der Waals surface area contributed by atoms with Gasteiger partial charge >= 0.3 is 0 Å². The smallest absolute Gasteiger partial charge is 0.160 e. The van der Waals surface area contributed by atoms with Gasteiger partial charge in [-0.2, -0.15) is 5.10 Å². The Labute approximate surface area is 115 Å². The number of fused-ring (bicyclic) bond motifs is 1. The highest BCUT2D eigenvalue weighted by Crippen LogP contribution is 2.27. The molecule has 0 fully saturated rings. The van der Waals surface area contributed by atoms with Gasteiger partial charge in [0.2, 0.25) is 0 Å². The first-order chi connectivity index (χ1) is 8.68. The van der Waals surface area contributed by atoms with Crippen LogP contribution < -0.4 is 0 Å². The van der Waals surface area contributed by atoms with Gasteiger partial charge in [-0.05, 0) is 55.5 Å². The summed E-state index contributed by atoms with van der Waals surface area (Å²) in [6.45, 7) is 4.06. The van der Waals surface area contributed by atoms with Crippen molar-refractivity contribution in [3.63, 3.8) is 0 Å². The maximum Gasteiger partial charge on any atom is 0.160 e. The Morgan fingerprint density at radius 2 is 1.94 bits per heavy atom. The van der Waals surface area contributed by atoms with Crippen molar-refractivity contribution in [2.24, 2.45) is 0 Å². The van der Waals surface area contributed by atoms with Crippen molar-refractivity contribution < 1.29 is 0 Å². The van der Waals surface area contributed by atoms with Gasteiger partial charge in [0, 0.05) is 11.3 Å². The summed E-state index contributed by atoms with van der Waals surface area (Å²) in [5, 5.41) is 4.57. The highest BCUT2D eigenvalue weighted by Gasteiger charge is 2.19. The number of nitrogens with zero attached hydrogens (tertiary/aromatic N) is 4. The number of aromatic nitrogens is 4. The summed E-state index contributed by atoms with van der Waals surface area (Å²) in [4.78, 5) is 8.85. The van der Waals surface area contributed by atoms with Crippen molar-refractivity contribution in [3.8, 4) is 5.82 Å². The summed E-state index contributed by atoms with van der Waals surface area (Å²) in [5.74, 6) is 0.950. The Balaban J connectivity index is 2.20. The van der Waals surface area contributed by atoms with E-state index in [0.717, 1.165) is 34.5 Å². The normalized spacial score (nSPS) is 14.6. The molecular weight excluding hydrogens is 292 g/mol. The zero-order valence-corrected chi connectivity index (χ0v) is 12.2. The molecule has 1 aliphatic rings. The topological polar surface area (TPSA) is 43.6 Å². The van der Waals surface area contributed by atoms with Crippen LogP contribution in [-0.4, -0.2) is 19.7 Å². The molecule has 0 saturated carbocycles. The molecule has 5 heteroatoms. The van der Waals surface area contributed by atoms with Gasteiger partial charge in [0.1, 0.15) is 6.33 Å². The molecule has 0 N–H and O–H groups in total. The molecule has 0 atom stereocenters. The molecule has 0 amide bonds. The maximum absolute atomic E-state index is 4.57. The quantitative estimate of drug-likeness (QED) is 0.813. The van der Waals surface area contributed by atoms with E-state index in [9.17, 15) is 0 Å². The fourth-order valence-electron chi connectivity index (χ4n) is 2.52. The van der Waals surface area contributed by atoms with Crippen LogP contribution in [0.5, 0.6) is 0 Å². The van der Waals surface area contributed by atoms with Crippen molar-refractivity contribution in [2.45, 2.75) is 39.5 Å². The van der Waals surface area contributed by atoms with E-state index in [0.29, 0.717) is 0 Å². The Morgan fingerprint density at radius 1 is 1.17 bits per heavy atom. The van der Waals surface area contributed by atoms with Gasteiger partial charge in [-0.1, -0.05) is 0 Å². The summed E-state index contributed by atoms with van der Waals surface area (Å²) < 4.78 is 3.00. The average molecular weight is 307 g/mol. The number of aryl methyl sites for hydroxylation is 2. The zero-order valence-electron chi connectivity index (χ0n) is 10.6. The molecule has 0 radical (unpaired) electrons. The van der Waals surface area contributed by atoms with E-state index in [-0.39, 0.29) is 0 Å². The molecule has 94 valence electrons. The van der Waals surface area contributed by atoms with Crippen LogP contribution in [0.4, 0.5) is 0 Å². The molecule has 0 aliphatic heterocycles. The minimum atomic E-state index is 0.950. The van der Waals surface area contributed by atoms with Crippen LogP contribution in [0.1, 0.15) is 35.5 Å². The fourth-order valence-corrected chi connectivity index (χ4v) is 2.76. The van der Waals surface area contributed by atoms with E-state index in [1.807, 2.05) is 11.6 Å². The molecule has 0 bridgehead atoms. The summed E-state index contributed by atoms with van der Waals surface area (Å²) >= 11 is 3.57.